The zero-order valence-corrected chi connectivity index (χ0v) is 14.0. The van der Waals surface area contributed by atoms with Gasteiger partial charge in [-0.05, 0) is 0 Å². The molecule has 0 aliphatic carbocycles. The average Bonchev–Trinajstić information content (AvgIpc) is 2.55. The first-order valence-corrected chi connectivity index (χ1v) is 9.09. The molecule has 0 fully saturated rings. The van der Waals surface area contributed by atoms with Crippen LogP contribution in [-0.2, 0) is 16.0 Å². The number of carboxylic acids is 1. The van der Waals surface area contributed by atoms with Crippen molar-refractivity contribution in [1.82, 2.24) is 5.32 Å². The van der Waals surface area contributed by atoms with E-state index < -0.39 is 12.0 Å². The van der Waals surface area contributed by atoms with E-state index in [4.69, 9.17) is 0 Å². The third-order valence-corrected chi connectivity index (χ3v) is 5.25. The standard InChI is InChI=1S/C17H17NO4Se/c19-13-8-6-12(7-9-13)10-15(17(21)22)18-16(20)11-23-14-4-2-1-3-5-14/h1-9,15,19H,10-11H2,(H,18,20)(H,21,22). The molecule has 5 nitrogen and oxygen atoms in total. The molecule has 0 aliphatic heterocycles. The fraction of sp³-hybridized carbons (Fsp3) is 0.176. The van der Waals surface area contributed by atoms with Crippen molar-refractivity contribution < 1.29 is 19.8 Å². The van der Waals surface area contributed by atoms with Gasteiger partial charge in [-0.25, -0.2) is 0 Å². The van der Waals surface area contributed by atoms with Crippen LogP contribution in [0.4, 0.5) is 0 Å². The first-order chi connectivity index (χ1) is 11.0. The molecule has 1 atom stereocenters. The van der Waals surface area contributed by atoms with E-state index in [-0.39, 0.29) is 33.0 Å². The second-order valence-corrected chi connectivity index (χ2v) is 7.13. The van der Waals surface area contributed by atoms with E-state index in [1.54, 1.807) is 12.1 Å². The van der Waals surface area contributed by atoms with Gasteiger partial charge in [0.2, 0.25) is 0 Å². The number of nitrogens with one attached hydrogen (secondary N) is 1. The van der Waals surface area contributed by atoms with E-state index in [0.717, 1.165) is 10.0 Å². The molecular weight excluding hydrogens is 361 g/mol. The van der Waals surface area contributed by atoms with Gasteiger partial charge in [-0.1, -0.05) is 0 Å². The molecule has 1 amide bonds. The van der Waals surface area contributed by atoms with Crippen LogP contribution in [0.5, 0.6) is 5.75 Å². The molecule has 23 heavy (non-hydrogen) atoms. The summed E-state index contributed by atoms with van der Waals surface area (Å²) in [5.74, 6) is -1.21. The second kappa shape index (κ2) is 8.36. The van der Waals surface area contributed by atoms with Gasteiger partial charge in [0.25, 0.3) is 0 Å². The molecular formula is C17H17NO4Se. The van der Waals surface area contributed by atoms with Crippen LogP contribution in [0.2, 0.25) is 5.32 Å². The molecule has 2 aromatic carbocycles. The maximum absolute atomic E-state index is 12.0. The van der Waals surface area contributed by atoms with Gasteiger partial charge in [-0.2, -0.15) is 0 Å². The zero-order chi connectivity index (χ0) is 16.7. The molecule has 0 aliphatic rings. The molecule has 0 bridgehead atoms. The summed E-state index contributed by atoms with van der Waals surface area (Å²) in [6.07, 6.45) is 0.180. The summed E-state index contributed by atoms with van der Waals surface area (Å²) in [7, 11) is 0. The third kappa shape index (κ3) is 5.77. The summed E-state index contributed by atoms with van der Waals surface area (Å²) in [5.41, 5.74) is 0.740. The summed E-state index contributed by atoms with van der Waals surface area (Å²) >= 11 is -0.0209. The normalized spacial score (nSPS) is 11.7. The Balaban J connectivity index is 1.89. The van der Waals surface area contributed by atoms with Crippen molar-refractivity contribution in [2.24, 2.45) is 0 Å². The van der Waals surface area contributed by atoms with Crippen molar-refractivity contribution in [2.75, 3.05) is 0 Å². The van der Waals surface area contributed by atoms with Crippen LogP contribution in [0.1, 0.15) is 5.56 Å². The van der Waals surface area contributed by atoms with E-state index in [1.165, 1.54) is 12.1 Å². The summed E-state index contributed by atoms with van der Waals surface area (Å²) in [4.78, 5) is 23.3. The molecule has 6 heteroatoms. The van der Waals surface area contributed by atoms with Crippen LogP contribution in [0, 0.1) is 0 Å². The number of carboxylic acid groups (broad SMARTS) is 1. The van der Waals surface area contributed by atoms with Gasteiger partial charge >= 0.3 is 140 Å². The topological polar surface area (TPSA) is 86.6 Å². The van der Waals surface area contributed by atoms with E-state index in [0.29, 0.717) is 5.32 Å². The second-order valence-electron chi connectivity index (χ2n) is 4.93. The zero-order valence-electron chi connectivity index (χ0n) is 12.3. The SMILES string of the molecule is O=C(C[Se]c1ccccc1)NC(Cc1ccc(O)cc1)C(=O)O. The number of phenolic OH excluding ortho intramolecular Hbond substituents is 1. The number of hydrogen-bond donors (Lipinski definition) is 3. The number of amides is 1. The van der Waals surface area contributed by atoms with Crippen LogP contribution < -0.4 is 9.78 Å². The van der Waals surface area contributed by atoms with Gasteiger partial charge in [0.05, 0.1) is 0 Å². The van der Waals surface area contributed by atoms with Gasteiger partial charge in [-0.15, -0.1) is 0 Å². The molecule has 0 saturated carbocycles. The Labute approximate surface area is 140 Å². The summed E-state index contributed by atoms with van der Waals surface area (Å²) in [5, 5.41) is 21.4. The Bertz CT molecular complexity index is 658. The van der Waals surface area contributed by atoms with Crippen LogP contribution in [0.25, 0.3) is 0 Å². The Hall–Kier alpha value is -2.30. The van der Waals surface area contributed by atoms with Crippen molar-refractivity contribution in [2.45, 2.75) is 17.8 Å². The molecule has 0 heterocycles. The Morgan fingerprint density at radius 3 is 2.30 bits per heavy atom. The van der Waals surface area contributed by atoms with Crippen LogP contribution in [0.15, 0.2) is 54.6 Å². The van der Waals surface area contributed by atoms with Gasteiger partial charge in [0, 0.05) is 0 Å². The predicted molar refractivity (Wildman–Crippen MR) is 88.0 cm³/mol. The number of hydrogen-bond acceptors (Lipinski definition) is 3. The van der Waals surface area contributed by atoms with Crippen molar-refractivity contribution >= 4 is 31.3 Å². The number of carbonyl (C=O) groups is 2. The molecule has 0 spiro atoms. The van der Waals surface area contributed by atoms with Gasteiger partial charge < -0.3 is 0 Å². The fourth-order valence-corrected chi connectivity index (χ4v) is 3.50. The number of rotatable bonds is 7. The van der Waals surface area contributed by atoms with Gasteiger partial charge in [0.1, 0.15) is 0 Å². The average molecular weight is 378 g/mol. The van der Waals surface area contributed by atoms with Gasteiger partial charge in [0.15, 0.2) is 0 Å². The number of phenols is 1. The number of carbonyl (C=O) groups excluding carboxylic acids is 1. The minimum atomic E-state index is -1.07. The van der Waals surface area contributed by atoms with E-state index in [9.17, 15) is 19.8 Å². The summed E-state index contributed by atoms with van der Waals surface area (Å²) in [6, 6.07) is 15.0. The minimum absolute atomic E-state index is 0.0209. The molecule has 1 unspecified atom stereocenters. The first-order valence-electron chi connectivity index (χ1n) is 7.02. The molecule has 2 aromatic rings. The van der Waals surface area contributed by atoms with Crippen molar-refractivity contribution in [3.8, 4) is 5.75 Å². The molecule has 0 aromatic heterocycles. The Morgan fingerprint density at radius 1 is 1.04 bits per heavy atom. The van der Waals surface area contributed by atoms with E-state index in [1.807, 2.05) is 30.3 Å². The van der Waals surface area contributed by atoms with Crippen molar-refractivity contribution in [3.63, 3.8) is 0 Å². The Kier molecular flexibility index (Phi) is 6.20. The number of aromatic hydroxyl groups is 1. The maximum atomic E-state index is 12.0. The van der Waals surface area contributed by atoms with Crippen molar-refractivity contribution in [1.29, 1.82) is 0 Å². The van der Waals surface area contributed by atoms with Crippen molar-refractivity contribution in [3.05, 3.63) is 60.2 Å². The molecule has 0 saturated heterocycles. The third-order valence-electron chi connectivity index (χ3n) is 3.12. The monoisotopic (exact) mass is 379 g/mol. The molecule has 3 N–H and O–H groups in total. The van der Waals surface area contributed by atoms with Crippen LogP contribution in [-0.4, -0.2) is 43.1 Å². The van der Waals surface area contributed by atoms with E-state index in [2.05, 4.69) is 5.32 Å². The van der Waals surface area contributed by atoms with Gasteiger partial charge in [-0.3, -0.25) is 0 Å². The molecule has 0 radical (unpaired) electrons. The summed E-state index contributed by atoms with van der Waals surface area (Å²) < 4.78 is 1.10. The predicted octanol–water partition coefficient (Wildman–Crippen LogP) is 0.952. The summed E-state index contributed by atoms with van der Waals surface area (Å²) in [6.45, 7) is 0. The molecule has 120 valence electrons. The van der Waals surface area contributed by atoms with Crippen LogP contribution in [0.3, 0.4) is 0 Å². The Morgan fingerprint density at radius 2 is 1.70 bits per heavy atom. The number of benzene rings is 2. The first kappa shape index (κ1) is 17.1. The number of aliphatic carboxylic acids is 1. The fourth-order valence-electron chi connectivity index (χ4n) is 1.97. The molecule has 2 rings (SSSR count). The van der Waals surface area contributed by atoms with E-state index >= 15 is 0 Å². The quantitative estimate of drug-likeness (QED) is 0.627. The van der Waals surface area contributed by atoms with Crippen LogP contribution >= 0.6 is 0 Å².